The molecular weight excluding hydrogens is 600 g/mol. The molecule has 0 unspecified atom stereocenters. The van der Waals surface area contributed by atoms with E-state index >= 15 is 0 Å². The van der Waals surface area contributed by atoms with E-state index in [1.54, 1.807) is 23.6 Å². The number of carbonyl (C=O) groups excluding carboxylic acids is 1. The zero-order valence-electron chi connectivity index (χ0n) is 21.5. The normalized spacial score (nSPS) is 11.5. The summed E-state index contributed by atoms with van der Waals surface area (Å²) in [7, 11) is 0. The standard InChI is InChI=1S/C28H23Cl2F3N4O3S/c1-2-39-24-11-17(10-23(30)26(24)40-15-18-6-3-4-9-22(18)29)14-34-37-25(38)13-21-16-41-27(36-21)35-20-8-5-7-19(12-20)28(31,32)33/h3-12,14,16H,2,13,15H2,1H3,(H,35,36)(H,37,38)/b34-14-. The third-order valence-electron chi connectivity index (χ3n) is 5.40. The number of hydrazone groups is 1. The Labute approximate surface area is 247 Å². The second-order valence-electron chi connectivity index (χ2n) is 8.46. The fourth-order valence-corrected chi connectivity index (χ4v) is 4.75. The van der Waals surface area contributed by atoms with Crippen molar-refractivity contribution in [1.82, 2.24) is 10.4 Å². The van der Waals surface area contributed by atoms with Gasteiger partial charge in [0, 0.05) is 21.7 Å². The summed E-state index contributed by atoms with van der Waals surface area (Å²) < 4.78 is 50.4. The van der Waals surface area contributed by atoms with Gasteiger partial charge in [0.2, 0.25) is 5.91 Å². The molecule has 0 fully saturated rings. The lowest BCUT2D eigenvalue weighted by Crippen LogP contribution is -2.20. The second kappa shape index (κ2) is 13.7. The fraction of sp³-hybridized carbons (Fsp3) is 0.179. The average molecular weight is 623 g/mol. The minimum Gasteiger partial charge on any atom is -0.490 e. The number of alkyl halides is 3. The lowest BCUT2D eigenvalue weighted by Gasteiger charge is -2.15. The number of hydrogen-bond donors (Lipinski definition) is 2. The SMILES string of the molecule is CCOc1cc(/C=N\NC(=O)Cc2csc(Nc3cccc(C(F)(F)F)c3)n2)cc(Cl)c1OCc1ccccc1Cl. The molecule has 214 valence electrons. The van der Waals surface area contributed by atoms with Gasteiger partial charge in [0.05, 0.1) is 35.5 Å². The van der Waals surface area contributed by atoms with Gasteiger partial charge >= 0.3 is 6.18 Å². The van der Waals surface area contributed by atoms with Crippen molar-refractivity contribution in [3.63, 3.8) is 0 Å². The summed E-state index contributed by atoms with van der Waals surface area (Å²) in [6, 6.07) is 15.4. The highest BCUT2D eigenvalue weighted by atomic mass is 35.5. The monoisotopic (exact) mass is 622 g/mol. The van der Waals surface area contributed by atoms with Crippen molar-refractivity contribution in [2.75, 3.05) is 11.9 Å². The Balaban J connectivity index is 1.34. The molecule has 0 aliphatic rings. The van der Waals surface area contributed by atoms with Crippen LogP contribution in [0.5, 0.6) is 11.5 Å². The molecule has 0 atom stereocenters. The molecule has 41 heavy (non-hydrogen) atoms. The number of nitrogens with zero attached hydrogens (tertiary/aromatic N) is 2. The molecule has 13 heteroatoms. The van der Waals surface area contributed by atoms with Crippen LogP contribution in [0.25, 0.3) is 0 Å². The van der Waals surface area contributed by atoms with E-state index in [2.05, 4.69) is 20.8 Å². The van der Waals surface area contributed by atoms with E-state index in [1.807, 2.05) is 25.1 Å². The van der Waals surface area contributed by atoms with Crippen molar-refractivity contribution in [2.45, 2.75) is 26.1 Å². The van der Waals surface area contributed by atoms with Gasteiger partial charge in [-0.15, -0.1) is 11.3 Å². The molecule has 1 aromatic heterocycles. The molecule has 0 saturated carbocycles. The first kappa shape index (κ1) is 30.2. The number of hydrogen-bond acceptors (Lipinski definition) is 7. The minimum atomic E-state index is -4.45. The second-order valence-corrected chi connectivity index (χ2v) is 10.1. The van der Waals surface area contributed by atoms with E-state index in [9.17, 15) is 18.0 Å². The highest BCUT2D eigenvalue weighted by Crippen LogP contribution is 2.37. The number of benzene rings is 3. The molecule has 0 radical (unpaired) electrons. The molecule has 4 aromatic rings. The van der Waals surface area contributed by atoms with Crippen LogP contribution >= 0.6 is 34.5 Å². The Bertz CT molecular complexity index is 1550. The number of ether oxygens (including phenoxy) is 2. The van der Waals surface area contributed by atoms with Crippen LogP contribution in [0.1, 0.15) is 29.3 Å². The molecule has 0 aliphatic heterocycles. The number of amides is 1. The fourth-order valence-electron chi connectivity index (χ4n) is 3.56. The summed E-state index contributed by atoms with van der Waals surface area (Å²) >= 11 is 13.8. The van der Waals surface area contributed by atoms with Crippen molar-refractivity contribution in [3.8, 4) is 11.5 Å². The summed E-state index contributed by atoms with van der Waals surface area (Å²) in [6.45, 7) is 2.39. The maximum atomic E-state index is 12.9. The lowest BCUT2D eigenvalue weighted by molar-refractivity contribution is -0.137. The van der Waals surface area contributed by atoms with E-state index < -0.39 is 17.6 Å². The predicted octanol–water partition coefficient (Wildman–Crippen LogP) is 7.88. The highest BCUT2D eigenvalue weighted by molar-refractivity contribution is 7.13. The molecule has 0 spiro atoms. The van der Waals surface area contributed by atoms with Crippen molar-refractivity contribution in [1.29, 1.82) is 0 Å². The number of aromatic nitrogens is 1. The zero-order valence-corrected chi connectivity index (χ0v) is 23.8. The van der Waals surface area contributed by atoms with Crippen molar-refractivity contribution in [2.24, 2.45) is 5.10 Å². The molecule has 2 N–H and O–H groups in total. The summed E-state index contributed by atoms with van der Waals surface area (Å²) in [5.41, 5.74) is 3.67. The number of carbonyl (C=O) groups is 1. The third kappa shape index (κ3) is 8.59. The van der Waals surface area contributed by atoms with Crippen LogP contribution in [0, 0.1) is 0 Å². The third-order valence-corrected chi connectivity index (χ3v) is 6.86. The summed E-state index contributed by atoms with van der Waals surface area (Å²) in [5.74, 6) is 0.323. The van der Waals surface area contributed by atoms with Crippen molar-refractivity contribution >= 4 is 57.5 Å². The van der Waals surface area contributed by atoms with Gasteiger partial charge in [-0.25, -0.2) is 10.4 Å². The summed E-state index contributed by atoms with van der Waals surface area (Å²) in [5, 5.41) is 9.65. The molecule has 0 bridgehead atoms. The van der Waals surface area contributed by atoms with Gasteiger partial charge in [-0.2, -0.15) is 18.3 Å². The van der Waals surface area contributed by atoms with Gasteiger partial charge < -0.3 is 14.8 Å². The predicted molar refractivity (Wildman–Crippen MR) is 155 cm³/mol. The van der Waals surface area contributed by atoms with Gasteiger partial charge in [0.25, 0.3) is 0 Å². The van der Waals surface area contributed by atoms with E-state index in [4.69, 9.17) is 32.7 Å². The van der Waals surface area contributed by atoms with Crippen LogP contribution in [-0.4, -0.2) is 23.7 Å². The Hall–Kier alpha value is -3.80. The summed E-state index contributed by atoms with van der Waals surface area (Å²) in [4.78, 5) is 16.6. The van der Waals surface area contributed by atoms with E-state index in [0.29, 0.717) is 44.5 Å². The largest absolute Gasteiger partial charge is 0.490 e. The van der Waals surface area contributed by atoms with Gasteiger partial charge in [-0.05, 0) is 48.9 Å². The van der Waals surface area contributed by atoms with Crippen molar-refractivity contribution in [3.05, 3.63) is 98.5 Å². The molecule has 0 aliphatic carbocycles. The molecule has 1 amide bonds. The number of rotatable bonds is 11. The van der Waals surface area contributed by atoms with Crippen LogP contribution < -0.4 is 20.2 Å². The lowest BCUT2D eigenvalue weighted by atomic mass is 10.2. The zero-order chi connectivity index (χ0) is 29.4. The molecule has 0 saturated heterocycles. The first-order valence-corrected chi connectivity index (χ1v) is 13.8. The molecule has 1 heterocycles. The maximum absolute atomic E-state index is 12.9. The number of halogens is 5. The van der Waals surface area contributed by atoms with Crippen LogP contribution in [-0.2, 0) is 24.0 Å². The minimum absolute atomic E-state index is 0.0854. The first-order valence-electron chi connectivity index (χ1n) is 12.2. The van der Waals surface area contributed by atoms with Gasteiger partial charge in [-0.3, -0.25) is 4.79 Å². The Morgan fingerprint density at radius 2 is 1.88 bits per heavy atom. The Morgan fingerprint density at radius 1 is 1.07 bits per heavy atom. The van der Waals surface area contributed by atoms with E-state index in [0.717, 1.165) is 29.0 Å². The van der Waals surface area contributed by atoms with Crippen molar-refractivity contribution < 1.29 is 27.4 Å². The average Bonchev–Trinajstić information content (AvgIpc) is 3.35. The van der Waals surface area contributed by atoms with E-state index in [-0.39, 0.29) is 18.7 Å². The summed E-state index contributed by atoms with van der Waals surface area (Å²) in [6.07, 6.45) is -3.13. The number of thiazole rings is 1. The van der Waals surface area contributed by atoms with Gasteiger partial charge in [0.1, 0.15) is 6.61 Å². The van der Waals surface area contributed by atoms with Gasteiger partial charge in [-0.1, -0.05) is 47.5 Å². The number of nitrogens with one attached hydrogen (secondary N) is 2. The maximum Gasteiger partial charge on any atom is 0.416 e. The quantitative estimate of drug-likeness (QED) is 0.131. The molecular formula is C28H23Cl2F3N4O3S. The Kier molecular flexibility index (Phi) is 10.1. The molecule has 7 nitrogen and oxygen atoms in total. The van der Waals surface area contributed by atoms with Crippen LogP contribution in [0.2, 0.25) is 10.0 Å². The molecule has 3 aromatic carbocycles. The highest BCUT2D eigenvalue weighted by Gasteiger charge is 2.30. The van der Waals surface area contributed by atoms with Gasteiger partial charge in [0.15, 0.2) is 16.6 Å². The first-order chi connectivity index (χ1) is 19.6. The van der Waals surface area contributed by atoms with E-state index in [1.165, 1.54) is 18.3 Å². The van der Waals surface area contributed by atoms with Crippen LogP contribution in [0.4, 0.5) is 24.0 Å². The molecule has 4 rings (SSSR count). The van der Waals surface area contributed by atoms with Crippen LogP contribution in [0.15, 0.2) is 71.1 Å². The van der Waals surface area contributed by atoms with Crippen LogP contribution in [0.3, 0.4) is 0 Å². The topological polar surface area (TPSA) is 84.8 Å². The smallest absolute Gasteiger partial charge is 0.416 e. The Morgan fingerprint density at radius 3 is 2.63 bits per heavy atom. The number of anilines is 2.